The van der Waals surface area contributed by atoms with Crippen molar-refractivity contribution >= 4 is 30.7 Å². The molecule has 1 unspecified atom stereocenters. The Morgan fingerprint density at radius 2 is 1.84 bits per heavy atom. The van der Waals surface area contributed by atoms with E-state index in [1.54, 1.807) is 0 Å². The molecule has 0 aromatic carbocycles. The van der Waals surface area contributed by atoms with E-state index in [0.717, 1.165) is 56.5 Å². The Morgan fingerprint density at radius 1 is 1.04 bits per heavy atom. The average Bonchev–Trinajstić information content (AvgIpc) is 3.31. The molecule has 0 spiro atoms. The monoisotopic (exact) mass is 389 g/mol. The Morgan fingerprint density at radius 3 is 2.64 bits per heavy atom. The summed E-state index contributed by atoms with van der Waals surface area (Å²) in [5.74, 6) is 3.16. The molecule has 0 radical (unpaired) electrons. The molecule has 1 saturated carbocycles. The molecule has 1 aliphatic carbocycles. The standard InChI is InChI=1S/C17H27N5O.2ClH/c23-16(12-18-11-13-7-8-13)21-9-3-1-5-14(21)17-20-19-15-6-2-4-10-22(15)17;;/h13-14,18H,1-12H2;2*1H. The molecule has 1 N–H and O–H groups in total. The van der Waals surface area contributed by atoms with Crippen LogP contribution in [0.5, 0.6) is 0 Å². The number of nitrogens with one attached hydrogen (secondary N) is 1. The van der Waals surface area contributed by atoms with Gasteiger partial charge in [0.25, 0.3) is 0 Å². The molecule has 142 valence electrons. The first kappa shape index (κ1) is 20.5. The first-order chi connectivity index (χ1) is 11.3. The lowest BCUT2D eigenvalue weighted by Crippen LogP contribution is -2.44. The molecule has 25 heavy (non-hydrogen) atoms. The van der Waals surface area contributed by atoms with Gasteiger partial charge in [0.1, 0.15) is 5.82 Å². The summed E-state index contributed by atoms with van der Waals surface area (Å²) in [7, 11) is 0. The second-order valence-electron chi connectivity index (χ2n) is 7.26. The second-order valence-corrected chi connectivity index (χ2v) is 7.26. The van der Waals surface area contributed by atoms with Crippen molar-refractivity contribution in [3.63, 3.8) is 0 Å². The van der Waals surface area contributed by atoms with Gasteiger partial charge in [-0.1, -0.05) is 0 Å². The van der Waals surface area contributed by atoms with Gasteiger partial charge in [-0.15, -0.1) is 35.0 Å². The van der Waals surface area contributed by atoms with E-state index in [1.165, 1.54) is 32.1 Å². The minimum absolute atomic E-state index is 0. The van der Waals surface area contributed by atoms with Crippen LogP contribution in [0.15, 0.2) is 0 Å². The number of amides is 1. The Bertz CT molecular complexity index is 575. The molecule has 1 aromatic rings. The smallest absolute Gasteiger partial charge is 0.237 e. The molecule has 6 nitrogen and oxygen atoms in total. The van der Waals surface area contributed by atoms with Crippen molar-refractivity contribution in [1.82, 2.24) is 25.0 Å². The molecular weight excluding hydrogens is 361 g/mol. The van der Waals surface area contributed by atoms with Crippen molar-refractivity contribution in [1.29, 1.82) is 0 Å². The summed E-state index contributed by atoms with van der Waals surface area (Å²) in [6, 6.07) is 0.123. The van der Waals surface area contributed by atoms with Gasteiger partial charge in [-0.2, -0.15) is 0 Å². The SMILES string of the molecule is Cl.Cl.O=C(CNCC1CC1)N1CCCCC1c1nnc2n1CCCC2. The van der Waals surface area contributed by atoms with Crippen LogP contribution < -0.4 is 5.32 Å². The number of carbonyl (C=O) groups excluding carboxylic acids is 1. The van der Waals surface area contributed by atoms with Crippen molar-refractivity contribution in [3.05, 3.63) is 11.6 Å². The van der Waals surface area contributed by atoms with Gasteiger partial charge < -0.3 is 14.8 Å². The van der Waals surface area contributed by atoms with Crippen LogP contribution in [0.25, 0.3) is 0 Å². The number of aryl methyl sites for hydroxylation is 1. The Labute approximate surface area is 161 Å². The number of halogens is 2. The Balaban J connectivity index is 0.00000113. The first-order valence-corrected chi connectivity index (χ1v) is 9.25. The second kappa shape index (κ2) is 9.19. The lowest BCUT2D eigenvalue weighted by atomic mass is 10.0. The predicted octanol–water partition coefficient (Wildman–Crippen LogP) is 2.51. The third kappa shape index (κ3) is 4.66. The first-order valence-electron chi connectivity index (χ1n) is 9.25. The number of nitrogens with zero attached hydrogens (tertiary/aromatic N) is 4. The minimum Gasteiger partial charge on any atom is -0.331 e. The van der Waals surface area contributed by atoms with E-state index in [0.29, 0.717) is 6.54 Å². The van der Waals surface area contributed by atoms with Gasteiger partial charge in [0, 0.05) is 19.5 Å². The molecule has 2 fully saturated rings. The summed E-state index contributed by atoms with van der Waals surface area (Å²) < 4.78 is 2.28. The normalized spacial score (nSPS) is 22.6. The Kier molecular flexibility index (Phi) is 7.52. The number of carbonyl (C=O) groups is 1. The van der Waals surface area contributed by atoms with Gasteiger partial charge in [0.15, 0.2) is 5.82 Å². The van der Waals surface area contributed by atoms with Crippen molar-refractivity contribution in [2.45, 2.75) is 64.0 Å². The lowest BCUT2D eigenvalue weighted by molar-refractivity contribution is -0.134. The van der Waals surface area contributed by atoms with E-state index < -0.39 is 0 Å². The van der Waals surface area contributed by atoms with Gasteiger partial charge >= 0.3 is 0 Å². The maximum atomic E-state index is 12.7. The van der Waals surface area contributed by atoms with Crippen LogP contribution in [0.2, 0.25) is 0 Å². The maximum absolute atomic E-state index is 12.7. The van der Waals surface area contributed by atoms with Crippen LogP contribution in [0.4, 0.5) is 0 Å². The van der Waals surface area contributed by atoms with Gasteiger partial charge in [0.2, 0.25) is 5.91 Å². The van der Waals surface area contributed by atoms with E-state index in [-0.39, 0.29) is 36.8 Å². The van der Waals surface area contributed by atoms with E-state index in [1.807, 2.05) is 0 Å². The van der Waals surface area contributed by atoms with E-state index in [4.69, 9.17) is 0 Å². The maximum Gasteiger partial charge on any atom is 0.237 e. The quantitative estimate of drug-likeness (QED) is 0.839. The summed E-state index contributed by atoms with van der Waals surface area (Å²) in [6.07, 6.45) is 9.36. The predicted molar refractivity (Wildman–Crippen MR) is 101 cm³/mol. The fraction of sp³-hybridized carbons (Fsp3) is 0.824. The molecule has 1 aromatic heterocycles. The summed E-state index contributed by atoms with van der Waals surface area (Å²) >= 11 is 0. The fourth-order valence-electron chi connectivity index (χ4n) is 3.88. The van der Waals surface area contributed by atoms with Crippen LogP contribution in [0, 0.1) is 5.92 Å². The number of rotatable bonds is 5. The van der Waals surface area contributed by atoms with E-state index >= 15 is 0 Å². The largest absolute Gasteiger partial charge is 0.331 e. The fourth-order valence-corrected chi connectivity index (χ4v) is 3.88. The van der Waals surface area contributed by atoms with E-state index in [9.17, 15) is 4.79 Å². The molecule has 1 atom stereocenters. The van der Waals surface area contributed by atoms with Crippen molar-refractivity contribution in [2.75, 3.05) is 19.6 Å². The number of hydrogen-bond acceptors (Lipinski definition) is 4. The zero-order chi connectivity index (χ0) is 15.6. The summed E-state index contributed by atoms with van der Waals surface area (Å²) in [5.41, 5.74) is 0. The van der Waals surface area contributed by atoms with Crippen molar-refractivity contribution in [2.24, 2.45) is 5.92 Å². The third-order valence-electron chi connectivity index (χ3n) is 5.42. The molecule has 2 aliphatic heterocycles. The molecule has 3 aliphatic rings. The lowest BCUT2D eigenvalue weighted by Gasteiger charge is -2.35. The van der Waals surface area contributed by atoms with Gasteiger partial charge in [-0.25, -0.2) is 0 Å². The third-order valence-corrected chi connectivity index (χ3v) is 5.42. The van der Waals surface area contributed by atoms with Crippen LogP contribution >= 0.6 is 24.8 Å². The van der Waals surface area contributed by atoms with Crippen LogP contribution in [0.3, 0.4) is 0 Å². The van der Waals surface area contributed by atoms with Crippen LogP contribution in [-0.2, 0) is 17.8 Å². The number of fused-ring (bicyclic) bond motifs is 1. The van der Waals surface area contributed by atoms with Crippen molar-refractivity contribution in [3.8, 4) is 0 Å². The number of likely N-dealkylation sites (tertiary alicyclic amines) is 1. The topological polar surface area (TPSA) is 63.1 Å². The van der Waals surface area contributed by atoms with Crippen LogP contribution in [-0.4, -0.2) is 45.2 Å². The highest BCUT2D eigenvalue weighted by atomic mass is 35.5. The minimum atomic E-state index is 0. The molecule has 4 rings (SSSR count). The summed E-state index contributed by atoms with van der Waals surface area (Å²) in [6.45, 7) is 3.32. The average molecular weight is 390 g/mol. The van der Waals surface area contributed by atoms with Gasteiger partial charge in [0.05, 0.1) is 12.6 Å². The van der Waals surface area contributed by atoms with Gasteiger partial charge in [-0.05, 0) is 57.4 Å². The highest BCUT2D eigenvalue weighted by Crippen LogP contribution is 2.31. The number of hydrogen-bond donors (Lipinski definition) is 1. The van der Waals surface area contributed by atoms with Crippen LogP contribution in [0.1, 0.15) is 62.6 Å². The number of piperidine rings is 1. The highest BCUT2D eigenvalue weighted by molar-refractivity contribution is 5.85. The molecule has 3 heterocycles. The van der Waals surface area contributed by atoms with Gasteiger partial charge in [-0.3, -0.25) is 4.79 Å². The molecule has 1 amide bonds. The molecule has 1 saturated heterocycles. The zero-order valence-electron chi connectivity index (χ0n) is 14.7. The van der Waals surface area contributed by atoms with E-state index in [2.05, 4.69) is 25.0 Å². The molecule has 8 heteroatoms. The number of aromatic nitrogens is 3. The molecular formula is C17H29Cl2N5O. The Hall–Kier alpha value is -0.850. The highest BCUT2D eigenvalue weighted by Gasteiger charge is 2.32. The van der Waals surface area contributed by atoms with Crippen molar-refractivity contribution < 1.29 is 4.79 Å². The zero-order valence-corrected chi connectivity index (χ0v) is 16.3. The summed E-state index contributed by atoms with van der Waals surface area (Å²) in [5, 5.41) is 12.2. The summed E-state index contributed by atoms with van der Waals surface area (Å²) in [4.78, 5) is 14.7. The molecule has 0 bridgehead atoms.